The first-order chi connectivity index (χ1) is 11.9. The van der Waals surface area contributed by atoms with E-state index in [0.717, 1.165) is 0 Å². The lowest BCUT2D eigenvalue weighted by Crippen LogP contribution is -2.26. The first kappa shape index (κ1) is 17.3. The average Bonchev–Trinajstić information content (AvgIpc) is 2.60. The molecule has 0 radical (unpaired) electrons. The van der Waals surface area contributed by atoms with Crippen LogP contribution in [0, 0.1) is 5.82 Å². The molecule has 0 fully saturated rings. The summed E-state index contributed by atoms with van der Waals surface area (Å²) in [6, 6.07) is 5.24. The SMILES string of the molecule is CC[C@@H](N)c1ccc(Cl)c(C(=O)c2ccc3c(n2)NC(=O)CO3)c1F.[HH].[HH].[HH]. The fraction of sp³-hybridized carbons (Fsp3) is 0.235. The van der Waals surface area contributed by atoms with Crippen molar-refractivity contribution < 1.29 is 23.0 Å². The van der Waals surface area contributed by atoms with Crippen LogP contribution in [0.3, 0.4) is 0 Å². The van der Waals surface area contributed by atoms with Crippen molar-refractivity contribution in [3.8, 4) is 5.75 Å². The number of nitrogens with one attached hydrogen (secondary N) is 1. The molecule has 2 heterocycles. The van der Waals surface area contributed by atoms with E-state index in [1.807, 2.05) is 6.92 Å². The Kier molecular flexibility index (Phi) is 4.69. The highest BCUT2D eigenvalue weighted by atomic mass is 35.5. The van der Waals surface area contributed by atoms with E-state index in [1.165, 1.54) is 24.3 Å². The summed E-state index contributed by atoms with van der Waals surface area (Å²) in [6.45, 7) is 1.69. The first-order valence-corrected chi connectivity index (χ1v) is 8.02. The predicted molar refractivity (Wildman–Crippen MR) is 96.8 cm³/mol. The minimum atomic E-state index is -0.758. The number of hydrogen-bond acceptors (Lipinski definition) is 5. The third-order valence-corrected chi connectivity index (χ3v) is 4.21. The van der Waals surface area contributed by atoms with Crippen molar-refractivity contribution in [2.24, 2.45) is 5.73 Å². The van der Waals surface area contributed by atoms with Crippen molar-refractivity contribution in [1.82, 2.24) is 4.98 Å². The van der Waals surface area contributed by atoms with Gasteiger partial charge in [0.2, 0.25) is 5.78 Å². The van der Waals surface area contributed by atoms with E-state index >= 15 is 0 Å². The molecule has 8 heteroatoms. The highest BCUT2D eigenvalue weighted by molar-refractivity contribution is 6.35. The molecule has 3 rings (SSSR count). The number of anilines is 1. The summed E-state index contributed by atoms with van der Waals surface area (Å²) in [5.74, 6) is -1.39. The van der Waals surface area contributed by atoms with Gasteiger partial charge in [-0.15, -0.1) is 0 Å². The highest BCUT2D eigenvalue weighted by Gasteiger charge is 2.25. The maximum absolute atomic E-state index is 14.8. The number of amides is 1. The normalized spacial score (nSPS) is 14.3. The van der Waals surface area contributed by atoms with Gasteiger partial charge >= 0.3 is 0 Å². The number of hydrogen-bond donors (Lipinski definition) is 2. The largest absolute Gasteiger partial charge is 0.480 e. The molecular weight excluding hydrogens is 349 g/mol. The molecule has 0 spiro atoms. The van der Waals surface area contributed by atoms with E-state index < -0.39 is 17.6 Å². The number of ketones is 1. The van der Waals surface area contributed by atoms with E-state index in [0.29, 0.717) is 12.2 Å². The van der Waals surface area contributed by atoms with Crippen LogP contribution in [0.4, 0.5) is 10.2 Å². The van der Waals surface area contributed by atoms with Crippen molar-refractivity contribution in [2.45, 2.75) is 19.4 Å². The lowest BCUT2D eigenvalue weighted by Gasteiger charge is -2.18. The molecule has 6 nitrogen and oxygen atoms in total. The molecule has 0 bridgehead atoms. The van der Waals surface area contributed by atoms with Gasteiger partial charge in [-0.3, -0.25) is 9.59 Å². The molecule has 25 heavy (non-hydrogen) atoms. The summed E-state index contributed by atoms with van der Waals surface area (Å²) < 4.78 is 20.0. The maximum atomic E-state index is 14.8. The van der Waals surface area contributed by atoms with Crippen molar-refractivity contribution in [1.29, 1.82) is 0 Å². The number of pyridine rings is 1. The molecule has 1 atom stereocenters. The Morgan fingerprint density at radius 2 is 2.24 bits per heavy atom. The summed E-state index contributed by atoms with van der Waals surface area (Å²) in [6.07, 6.45) is 0.507. The van der Waals surface area contributed by atoms with Crippen molar-refractivity contribution in [2.75, 3.05) is 11.9 Å². The van der Waals surface area contributed by atoms with Crippen LogP contribution in [-0.2, 0) is 4.79 Å². The van der Waals surface area contributed by atoms with Gasteiger partial charge < -0.3 is 15.8 Å². The van der Waals surface area contributed by atoms with Crippen LogP contribution in [-0.4, -0.2) is 23.3 Å². The summed E-state index contributed by atoms with van der Waals surface area (Å²) in [5.41, 5.74) is 5.74. The molecule has 1 aliphatic heterocycles. The van der Waals surface area contributed by atoms with E-state index in [1.54, 1.807) is 0 Å². The Morgan fingerprint density at radius 3 is 2.96 bits per heavy atom. The van der Waals surface area contributed by atoms with Crippen LogP contribution in [0.15, 0.2) is 24.3 Å². The summed E-state index contributed by atoms with van der Waals surface area (Å²) >= 11 is 6.04. The van der Waals surface area contributed by atoms with Gasteiger partial charge in [-0.05, 0) is 24.6 Å². The molecular formula is C17H21ClFN3O3. The van der Waals surface area contributed by atoms with Crippen LogP contribution in [0.25, 0.3) is 0 Å². The van der Waals surface area contributed by atoms with E-state index in [9.17, 15) is 14.0 Å². The van der Waals surface area contributed by atoms with E-state index in [-0.39, 0.29) is 44.5 Å². The van der Waals surface area contributed by atoms with Gasteiger partial charge in [0.05, 0.1) is 10.6 Å². The van der Waals surface area contributed by atoms with Crippen LogP contribution in [0.5, 0.6) is 5.75 Å². The van der Waals surface area contributed by atoms with Gasteiger partial charge in [0, 0.05) is 15.9 Å². The molecule has 0 saturated heterocycles. The summed E-state index contributed by atoms with van der Waals surface area (Å²) in [4.78, 5) is 28.2. The van der Waals surface area contributed by atoms with E-state index in [4.69, 9.17) is 22.1 Å². The minimum absolute atomic E-state index is 0. The second-order valence-corrected chi connectivity index (χ2v) is 5.96. The zero-order valence-corrected chi connectivity index (χ0v) is 14.1. The Balaban J connectivity index is 0.00000243. The molecule has 1 aliphatic rings. The monoisotopic (exact) mass is 369 g/mol. The molecule has 0 unspecified atom stereocenters. The fourth-order valence-electron chi connectivity index (χ4n) is 2.50. The van der Waals surface area contributed by atoms with Gasteiger partial charge in [-0.25, -0.2) is 9.37 Å². The number of rotatable bonds is 4. The summed E-state index contributed by atoms with van der Waals surface area (Å²) in [5, 5.41) is 2.47. The van der Waals surface area contributed by atoms with Gasteiger partial charge in [-0.1, -0.05) is 24.6 Å². The Morgan fingerprint density at radius 1 is 1.48 bits per heavy atom. The molecule has 0 saturated carbocycles. The molecule has 1 amide bonds. The standard InChI is InChI=1S/C17H15ClFN3O3.3H2/c1-2-10(20)8-3-4-9(18)14(15(8)19)16(24)11-5-6-12-17(21-11)22-13(23)7-25-12;;;/h3-6,10H,2,7,20H2,1H3,(H,21,22,23);3*1H/t10-;;;/m1.../s1. The number of ether oxygens (including phenoxy) is 1. The smallest absolute Gasteiger partial charge is 0.263 e. The quantitative estimate of drug-likeness (QED) is 0.803. The van der Waals surface area contributed by atoms with Crippen molar-refractivity contribution in [3.05, 3.63) is 51.9 Å². The second-order valence-electron chi connectivity index (χ2n) is 5.55. The van der Waals surface area contributed by atoms with Crippen LogP contribution >= 0.6 is 11.6 Å². The molecule has 0 aliphatic carbocycles. The second kappa shape index (κ2) is 6.78. The summed E-state index contributed by atoms with van der Waals surface area (Å²) in [7, 11) is 0. The van der Waals surface area contributed by atoms with Gasteiger partial charge in [-0.2, -0.15) is 0 Å². The zero-order valence-electron chi connectivity index (χ0n) is 13.3. The maximum Gasteiger partial charge on any atom is 0.263 e. The van der Waals surface area contributed by atoms with Crippen LogP contribution in [0.2, 0.25) is 5.02 Å². The van der Waals surface area contributed by atoms with Crippen molar-refractivity contribution >= 4 is 29.1 Å². The molecule has 1 aromatic carbocycles. The van der Waals surface area contributed by atoms with E-state index in [2.05, 4.69) is 10.3 Å². The first-order valence-electron chi connectivity index (χ1n) is 7.64. The number of carbonyl (C=O) groups excluding carboxylic acids is 2. The fourth-order valence-corrected chi connectivity index (χ4v) is 2.73. The van der Waals surface area contributed by atoms with Crippen molar-refractivity contribution in [3.63, 3.8) is 0 Å². The minimum Gasteiger partial charge on any atom is -0.480 e. The Bertz CT molecular complexity index is 886. The number of benzene rings is 1. The van der Waals surface area contributed by atoms with Gasteiger partial charge in [0.25, 0.3) is 5.91 Å². The predicted octanol–water partition coefficient (Wildman–Crippen LogP) is 3.58. The number of nitrogens with zero attached hydrogens (tertiary/aromatic N) is 1. The van der Waals surface area contributed by atoms with Gasteiger partial charge in [0.15, 0.2) is 18.2 Å². The Hall–Kier alpha value is -2.51. The number of aromatic nitrogens is 1. The molecule has 136 valence electrons. The molecule has 2 aromatic rings. The molecule has 3 N–H and O–H groups in total. The highest BCUT2D eigenvalue weighted by Crippen LogP contribution is 2.30. The Labute approximate surface area is 152 Å². The zero-order chi connectivity index (χ0) is 18.1. The number of carbonyl (C=O) groups is 2. The third-order valence-electron chi connectivity index (χ3n) is 3.89. The third kappa shape index (κ3) is 3.20. The van der Waals surface area contributed by atoms with Gasteiger partial charge in [0.1, 0.15) is 11.5 Å². The lowest BCUT2D eigenvalue weighted by molar-refractivity contribution is -0.118. The van der Waals surface area contributed by atoms with Crippen LogP contribution in [0.1, 0.15) is 45.3 Å². The number of fused-ring (bicyclic) bond motifs is 1. The topological polar surface area (TPSA) is 94.3 Å². The molecule has 1 aromatic heterocycles. The number of halogens is 2. The number of nitrogens with two attached hydrogens (primary N) is 1. The van der Waals surface area contributed by atoms with Crippen LogP contribution < -0.4 is 15.8 Å². The average molecular weight is 370 g/mol. The lowest BCUT2D eigenvalue weighted by atomic mass is 9.98.